The molecule has 0 spiro atoms. The van der Waals surface area contributed by atoms with Crippen molar-refractivity contribution in [1.29, 1.82) is 0 Å². The lowest BCUT2D eigenvalue weighted by atomic mass is 10.0. The summed E-state index contributed by atoms with van der Waals surface area (Å²) in [6.07, 6.45) is 7.16. The van der Waals surface area contributed by atoms with Gasteiger partial charge in [0.05, 0.1) is 0 Å². The Kier molecular flexibility index (Phi) is 0.928. The van der Waals surface area contributed by atoms with Gasteiger partial charge < -0.3 is 0 Å². The summed E-state index contributed by atoms with van der Waals surface area (Å²) in [6, 6.07) is 0. The number of hydrogen-bond donors (Lipinski definition) is 1. The monoisotopic (exact) mass is 128 g/mol. The molecular weight excluding hydrogens is 116 g/mol. The molecule has 1 heteroatoms. The molecule has 0 bridgehead atoms. The maximum Gasteiger partial charge on any atom is 0.0161 e. The molecule has 0 nitrogen and oxygen atoms in total. The molecule has 2 atom stereocenters. The Morgan fingerprint density at radius 2 is 2.25 bits per heavy atom. The topological polar surface area (TPSA) is 0 Å². The molecule has 0 aromatic heterocycles. The molecule has 0 amide bonds. The van der Waals surface area contributed by atoms with E-state index in [1.54, 1.807) is 0 Å². The SMILES string of the molecule is SC12CCCCC1C2. The van der Waals surface area contributed by atoms with Gasteiger partial charge in [-0.1, -0.05) is 12.8 Å². The van der Waals surface area contributed by atoms with Crippen molar-refractivity contribution in [3.05, 3.63) is 0 Å². The van der Waals surface area contributed by atoms with Gasteiger partial charge in [0, 0.05) is 4.75 Å². The van der Waals surface area contributed by atoms with Crippen LogP contribution >= 0.6 is 12.6 Å². The number of rotatable bonds is 0. The van der Waals surface area contributed by atoms with E-state index in [-0.39, 0.29) is 0 Å². The molecule has 2 saturated carbocycles. The van der Waals surface area contributed by atoms with E-state index in [4.69, 9.17) is 0 Å². The van der Waals surface area contributed by atoms with Crippen LogP contribution in [0.1, 0.15) is 32.1 Å². The third-order valence-electron chi connectivity index (χ3n) is 2.61. The van der Waals surface area contributed by atoms with Crippen LogP contribution in [0.2, 0.25) is 0 Å². The van der Waals surface area contributed by atoms with E-state index < -0.39 is 0 Å². The summed E-state index contributed by atoms with van der Waals surface area (Å²) < 4.78 is 0.540. The first kappa shape index (κ1) is 5.16. The lowest BCUT2D eigenvalue weighted by molar-refractivity contribution is 0.505. The maximum atomic E-state index is 4.59. The van der Waals surface area contributed by atoms with E-state index >= 15 is 0 Å². The Labute approximate surface area is 56.1 Å². The van der Waals surface area contributed by atoms with Gasteiger partial charge in [-0.05, 0) is 25.2 Å². The molecule has 2 aliphatic carbocycles. The minimum atomic E-state index is 0.540. The van der Waals surface area contributed by atoms with Crippen molar-refractivity contribution >= 4 is 12.6 Å². The Hall–Kier alpha value is 0.350. The van der Waals surface area contributed by atoms with E-state index in [0.29, 0.717) is 4.75 Å². The first-order chi connectivity index (χ1) is 3.81. The summed E-state index contributed by atoms with van der Waals surface area (Å²) in [7, 11) is 0. The van der Waals surface area contributed by atoms with Gasteiger partial charge in [0.15, 0.2) is 0 Å². The fourth-order valence-electron chi connectivity index (χ4n) is 1.87. The second-order valence-electron chi connectivity index (χ2n) is 3.25. The summed E-state index contributed by atoms with van der Waals surface area (Å²) >= 11 is 4.59. The van der Waals surface area contributed by atoms with Crippen molar-refractivity contribution in [2.75, 3.05) is 0 Å². The molecule has 2 aliphatic rings. The van der Waals surface area contributed by atoms with Gasteiger partial charge in [-0.25, -0.2) is 0 Å². The summed E-state index contributed by atoms with van der Waals surface area (Å²) in [5.41, 5.74) is 0. The standard InChI is InChI=1S/C7H12S/c8-7-4-2-1-3-6(7)5-7/h6,8H,1-5H2. The Bertz CT molecular complexity index is 109. The van der Waals surface area contributed by atoms with Crippen molar-refractivity contribution in [3.63, 3.8) is 0 Å². The van der Waals surface area contributed by atoms with Crippen LogP contribution in [0.4, 0.5) is 0 Å². The van der Waals surface area contributed by atoms with Crippen LogP contribution in [0.15, 0.2) is 0 Å². The smallest absolute Gasteiger partial charge is 0.0161 e. The molecule has 2 rings (SSSR count). The molecule has 0 aromatic carbocycles. The fourth-order valence-corrected chi connectivity index (χ4v) is 2.37. The predicted octanol–water partition coefficient (Wildman–Crippen LogP) is 2.25. The zero-order valence-electron chi connectivity index (χ0n) is 5.06. The number of thiol groups is 1. The van der Waals surface area contributed by atoms with Crippen molar-refractivity contribution < 1.29 is 0 Å². The van der Waals surface area contributed by atoms with E-state index in [0.717, 1.165) is 5.92 Å². The normalized spacial score (nSPS) is 52.9. The van der Waals surface area contributed by atoms with E-state index in [9.17, 15) is 0 Å². The molecule has 0 heterocycles. The van der Waals surface area contributed by atoms with E-state index in [2.05, 4.69) is 12.6 Å². The molecular formula is C7H12S. The van der Waals surface area contributed by atoms with Crippen molar-refractivity contribution in [3.8, 4) is 0 Å². The average molecular weight is 128 g/mol. The lowest BCUT2D eigenvalue weighted by Crippen LogP contribution is -2.07. The van der Waals surface area contributed by atoms with Crippen molar-refractivity contribution in [2.45, 2.75) is 36.9 Å². The van der Waals surface area contributed by atoms with Gasteiger partial charge >= 0.3 is 0 Å². The van der Waals surface area contributed by atoms with Crippen LogP contribution in [-0.2, 0) is 0 Å². The minimum Gasteiger partial charge on any atom is -0.172 e. The third-order valence-corrected chi connectivity index (χ3v) is 3.38. The van der Waals surface area contributed by atoms with Gasteiger partial charge in [-0.15, -0.1) is 0 Å². The highest BCUT2D eigenvalue weighted by atomic mass is 32.1. The summed E-state index contributed by atoms with van der Waals surface area (Å²) in [6.45, 7) is 0. The molecule has 2 unspecified atom stereocenters. The first-order valence-corrected chi connectivity index (χ1v) is 3.98. The highest BCUT2D eigenvalue weighted by Crippen LogP contribution is 2.57. The van der Waals surface area contributed by atoms with Gasteiger partial charge in [0.1, 0.15) is 0 Å². The average Bonchev–Trinajstić information content (AvgIpc) is 2.39. The van der Waals surface area contributed by atoms with Crippen LogP contribution < -0.4 is 0 Å². The molecule has 2 fully saturated rings. The molecule has 8 heavy (non-hydrogen) atoms. The van der Waals surface area contributed by atoms with Crippen LogP contribution in [0.3, 0.4) is 0 Å². The van der Waals surface area contributed by atoms with Crippen LogP contribution in [0.5, 0.6) is 0 Å². The van der Waals surface area contributed by atoms with E-state index in [1.807, 2.05) is 0 Å². The highest BCUT2D eigenvalue weighted by molar-refractivity contribution is 7.82. The molecule has 0 saturated heterocycles. The van der Waals surface area contributed by atoms with Crippen molar-refractivity contribution in [1.82, 2.24) is 0 Å². The largest absolute Gasteiger partial charge is 0.172 e. The van der Waals surface area contributed by atoms with Gasteiger partial charge in [-0.3, -0.25) is 0 Å². The number of fused-ring (bicyclic) bond motifs is 1. The molecule has 46 valence electrons. The predicted molar refractivity (Wildman–Crippen MR) is 38.3 cm³/mol. The summed E-state index contributed by atoms with van der Waals surface area (Å²) in [5, 5.41) is 0. The summed E-state index contributed by atoms with van der Waals surface area (Å²) in [4.78, 5) is 0. The van der Waals surface area contributed by atoms with Gasteiger partial charge in [-0.2, -0.15) is 12.6 Å². The second kappa shape index (κ2) is 1.44. The zero-order chi connectivity index (χ0) is 5.61. The fraction of sp³-hybridized carbons (Fsp3) is 1.00. The Morgan fingerprint density at radius 3 is 2.75 bits per heavy atom. The van der Waals surface area contributed by atoms with Gasteiger partial charge in [0.2, 0.25) is 0 Å². The lowest BCUT2D eigenvalue weighted by Gasteiger charge is -2.14. The third kappa shape index (κ3) is 0.604. The molecule has 0 radical (unpaired) electrons. The summed E-state index contributed by atoms with van der Waals surface area (Å²) in [5.74, 6) is 1.01. The molecule has 0 N–H and O–H groups in total. The minimum absolute atomic E-state index is 0.540. The van der Waals surface area contributed by atoms with Gasteiger partial charge in [0.25, 0.3) is 0 Å². The van der Waals surface area contributed by atoms with Crippen LogP contribution in [0.25, 0.3) is 0 Å². The van der Waals surface area contributed by atoms with Crippen LogP contribution in [-0.4, -0.2) is 4.75 Å². The highest BCUT2D eigenvalue weighted by Gasteiger charge is 2.51. The molecule has 0 aliphatic heterocycles. The Balaban J connectivity index is 2.04. The number of hydrogen-bond acceptors (Lipinski definition) is 1. The first-order valence-electron chi connectivity index (χ1n) is 3.54. The Morgan fingerprint density at radius 1 is 1.38 bits per heavy atom. The van der Waals surface area contributed by atoms with Crippen molar-refractivity contribution in [2.24, 2.45) is 5.92 Å². The maximum absolute atomic E-state index is 4.59. The molecule has 0 aromatic rings. The second-order valence-corrected chi connectivity index (χ2v) is 4.14. The van der Waals surface area contributed by atoms with Crippen LogP contribution in [0, 0.1) is 5.92 Å². The zero-order valence-corrected chi connectivity index (χ0v) is 5.95. The van der Waals surface area contributed by atoms with E-state index in [1.165, 1.54) is 32.1 Å². The quantitative estimate of drug-likeness (QED) is 0.475.